The second-order valence-corrected chi connectivity index (χ2v) is 9.40. The average Bonchev–Trinajstić information content (AvgIpc) is 3.23. The molecule has 2 aromatic carbocycles. The topological polar surface area (TPSA) is 94.8 Å². The van der Waals surface area contributed by atoms with Crippen LogP contribution in [0.5, 0.6) is 5.75 Å². The third-order valence-corrected chi connectivity index (χ3v) is 6.37. The maximum atomic E-state index is 13.1. The van der Waals surface area contributed by atoms with Crippen molar-refractivity contribution >= 4 is 46.6 Å². The van der Waals surface area contributed by atoms with Crippen LogP contribution >= 0.6 is 35.0 Å². The summed E-state index contributed by atoms with van der Waals surface area (Å²) in [5.41, 5.74) is 2.68. The summed E-state index contributed by atoms with van der Waals surface area (Å²) in [6.45, 7) is 3.68. The number of carbonyl (C=O) groups excluding carboxylic acids is 1. The molecule has 8 nitrogen and oxygen atoms in total. The van der Waals surface area contributed by atoms with Crippen LogP contribution < -0.4 is 10.1 Å². The first-order valence-corrected chi connectivity index (χ1v) is 12.2. The van der Waals surface area contributed by atoms with Gasteiger partial charge in [-0.1, -0.05) is 40.2 Å². The summed E-state index contributed by atoms with van der Waals surface area (Å²) >= 11 is 13.2. The molecule has 4 rings (SSSR count). The first kappa shape index (κ1) is 26.7. The summed E-state index contributed by atoms with van der Waals surface area (Å²) < 4.78 is 42.9. The molecule has 4 aromatic rings. The lowest BCUT2D eigenvalue weighted by Gasteiger charge is -2.11. The molecular weight excluding hydrogens is 552 g/mol. The molecule has 0 aliphatic heterocycles. The monoisotopic (exact) mass is 568 g/mol. The lowest BCUT2D eigenvalue weighted by atomic mass is 10.2. The Kier molecular flexibility index (Phi) is 7.90. The number of hydrogen-bond donors (Lipinski definition) is 1. The fourth-order valence-electron chi connectivity index (χ4n) is 3.26. The van der Waals surface area contributed by atoms with Crippen molar-refractivity contribution in [3.05, 3.63) is 81.4 Å². The number of ether oxygens (including phenoxy) is 1. The number of halogens is 5. The van der Waals surface area contributed by atoms with Crippen LogP contribution in [0.4, 0.5) is 18.9 Å². The minimum absolute atomic E-state index is 0.00133. The van der Waals surface area contributed by atoms with Crippen molar-refractivity contribution in [2.45, 2.75) is 31.1 Å². The van der Waals surface area contributed by atoms with Crippen molar-refractivity contribution < 1.29 is 22.7 Å². The van der Waals surface area contributed by atoms with Crippen LogP contribution in [0.3, 0.4) is 0 Å². The lowest BCUT2D eigenvalue weighted by Crippen LogP contribution is -2.17. The smallest absolute Gasteiger partial charge is 0.406 e. The number of aryl methyl sites for hydroxylation is 2. The van der Waals surface area contributed by atoms with Gasteiger partial charge in [0, 0.05) is 22.8 Å². The van der Waals surface area contributed by atoms with Crippen molar-refractivity contribution in [1.29, 1.82) is 0 Å². The molecular formula is C23H17Cl2F3N6O2S. The Balaban J connectivity index is 1.66. The number of alkyl halides is 3. The van der Waals surface area contributed by atoms with Crippen molar-refractivity contribution in [3.8, 4) is 11.4 Å². The van der Waals surface area contributed by atoms with Gasteiger partial charge in [0.1, 0.15) is 5.75 Å². The van der Waals surface area contributed by atoms with E-state index >= 15 is 0 Å². The Bertz CT molecular complexity index is 1430. The molecule has 2 heterocycles. The Morgan fingerprint density at radius 2 is 1.70 bits per heavy atom. The molecule has 14 heteroatoms. The summed E-state index contributed by atoms with van der Waals surface area (Å²) in [4.78, 5) is 21.9. The maximum absolute atomic E-state index is 13.1. The normalized spacial score (nSPS) is 11.4. The molecule has 1 amide bonds. The predicted octanol–water partition coefficient (Wildman–Crippen LogP) is 6.42. The maximum Gasteiger partial charge on any atom is 0.573 e. The van der Waals surface area contributed by atoms with Crippen molar-refractivity contribution in [1.82, 2.24) is 25.0 Å². The molecule has 0 spiro atoms. The molecule has 192 valence electrons. The minimum Gasteiger partial charge on any atom is -0.406 e. The number of nitrogens with zero attached hydrogens (tertiary/aromatic N) is 5. The van der Waals surface area contributed by atoms with Crippen LogP contribution in [0.2, 0.25) is 10.0 Å². The summed E-state index contributed by atoms with van der Waals surface area (Å²) in [6, 6.07) is 11.5. The number of anilines is 1. The summed E-state index contributed by atoms with van der Waals surface area (Å²) in [5.74, 6) is -0.784. The van der Waals surface area contributed by atoms with Gasteiger partial charge in [0.25, 0.3) is 5.91 Å². The third kappa shape index (κ3) is 6.90. The van der Waals surface area contributed by atoms with E-state index in [1.54, 1.807) is 6.07 Å². The van der Waals surface area contributed by atoms with Gasteiger partial charge in [0.05, 0.1) is 21.4 Å². The van der Waals surface area contributed by atoms with Gasteiger partial charge in [-0.15, -0.1) is 18.3 Å². The standard InChI is InChI=1S/C23H17Cl2F3N6O2S/c1-12-9-13(2)30-22(29-12)37-11-19-20(21(35)31-14-3-8-17(24)18(25)10-14)32-33-34(19)15-4-6-16(7-5-15)36-23(26,27)28/h3-10H,11H2,1-2H3,(H,31,35). The molecule has 0 radical (unpaired) electrons. The average molecular weight is 569 g/mol. The molecule has 0 aliphatic carbocycles. The molecule has 0 saturated carbocycles. The number of nitrogens with one attached hydrogen (secondary N) is 1. The van der Waals surface area contributed by atoms with E-state index in [1.165, 1.54) is 40.7 Å². The van der Waals surface area contributed by atoms with Gasteiger partial charge in [-0.05, 0) is 62.4 Å². The zero-order valence-corrected chi connectivity index (χ0v) is 21.5. The summed E-state index contributed by atoms with van der Waals surface area (Å²) in [5, 5.41) is 11.9. The fourth-order valence-corrected chi connectivity index (χ4v) is 4.50. The van der Waals surface area contributed by atoms with Crippen LogP contribution in [0.15, 0.2) is 53.7 Å². The lowest BCUT2D eigenvalue weighted by molar-refractivity contribution is -0.274. The molecule has 2 aromatic heterocycles. The molecule has 0 fully saturated rings. The van der Waals surface area contributed by atoms with Crippen LogP contribution in [-0.2, 0) is 5.75 Å². The Labute approximate surface area is 223 Å². The highest BCUT2D eigenvalue weighted by Crippen LogP contribution is 2.28. The molecule has 0 bridgehead atoms. The van der Waals surface area contributed by atoms with E-state index in [9.17, 15) is 18.0 Å². The zero-order valence-electron chi connectivity index (χ0n) is 19.2. The van der Waals surface area contributed by atoms with Crippen molar-refractivity contribution in [2.24, 2.45) is 0 Å². The number of thioether (sulfide) groups is 1. The number of hydrogen-bond acceptors (Lipinski definition) is 7. The highest BCUT2D eigenvalue weighted by molar-refractivity contribution is 7.98. The van der Waals surface area contributed by atoms with Crippen LogP contribution in [-0.4, -0.2) is 37.2 Å². The van der Waals surface area contributed by atoms with E-state index < -0.39 is 18.0 Å². The molecule has 0 aliphatic rings. The van der Waals surface area contributed by atoms with Gasteiger partial charge in [-0.3, -0.25) is 4.79 Å². The summed E-state index contributed by atoms with van der Waals surface area (Å²) in [6.07, 6.45) is -4.82. The van der Waals surface area contributed by atoms with Gasteiger partial charge in [-0.2, -0.15) is 0 Å². The Hall–Kier alpha value is -3.35. The van der Waals surface area contributed by atoms with Gasteiger partial charge >= 0.3 is 6.36 Å². The van der Waals surface area contributed by atoms with Crippen molar-refractivity contribution in [3.63, 3.8) is 0 Å². The van der Waals surface area contributed by atoms with E-state index in [0.717, 1.165) is 23.5 Å². The Morgan fingerprint density at radius 1 is 1.03 bits per heavy atom. The third-order valence-electron chi connectivity index (χ3n) is 4.77. The number of amides is 1. The fraction of sp³-hybridized carbons (Fsp3) is 0.174. The number of aromatic nitrogens is 5. The van der Waals surface area contributed by atoms with Gasteiger partial charge in [-0.25, -0.2) is 14.6 Å². The number of rotatable bonds is 7. The highest BCUT2D eigenvalue weighted by Gasteiger charge is 2.31. The molecule has 37 heavy (non-hydrogen) atoms. The molecule has 0 saturated heterocycles. The van der Waals surface area contributed by atoms with E-state index in [4.69, 9.17) is 23.2 Å². The second-order valence-electron chi connectivity index (χ2n) is 7.64. The number of benzene rings is 2. The van der Waals surface area contributed by atoms with E-state index in [2.05, 4.69) is 30.3 Å². The van der Waals surface area contributed by atoms with Crippen LogP contribution in [0.25, 0.3) is 5.69 Å². The van der Waals surface area contributed by atoms with E-state index in [1.807, 2.05) is 19.9 Å². The van der Waals surface area contributed by atoms with Gasteiger partial charge < -0.3 is 10.1 Å². The van der Waals surface area contributed by atoms with Crippen LogP contribution in [0, 0.1) is 13.8 Å². The molecule has 0 unspecified atom stereocenters. The first-order chi connectivity index (χ1) is 17.5. The van der Waals surface area contributed by atoms with E-state index in [0.29, 0.717) is 27.2 Å². The number of carbonyl (C=O) groups is 1. The first-order valence-electron chi connectivity index (χ1n) is 10.5. The predicted molar refractivity (Wildman–Crippen MR) is 134 cm³/mol. The van der Waals surface area contributed by atoms with Crippen LogP contribution in [0.1, 0.15) is 27.6 Å². The molecule has 1 N–H and O–H groups in total. The highest BCUT2D eigenvalue weighted by atomic mass is 35.5. The second kappa shape index (κ2) is 11.0. The molecule has 0 atom stereocenters. The Morgan fingerprint density at radius 3 is 2.32 bits per heavy atom. The van der Waals surface area contributed by atoms with Crippen molar-refractivity contribution in [2.75, 3.05) is 5.32 Å². The SMILES string of the molecule is Cc1cc(C)nc(SCc2c(C(=O)Nc3ccc(Cl)c(Cl)c3)nnn2-c2ccc(OC(F)(F)F)cc2)n1. The van der Waals surface area contributed by atoms with Gasteiger partial charge in [0.15, 0.2) is 10.9 Å². The minimum atomic E-state index is -4.82. The zero-order chi connectivity index (χ0) is 26.7. The summed E-state index contributed by atoms with van der Waals surface area (Å²) in [7, 11) is 0. The quantitative estimate of drug-likeness (QED) is 0.203. The van der Waals surface area contributed by atoms with E-state index in [-0.39, 0.29) is 16.5 Å². The van der Waals surface area contributed by atoms with Gasteiger partial charge in [0.2, 0.25) is 0 Å². The largest absolute Gasteiger partial charge is 0.573 e.